The summed E-state index contributed by atoms with van der Waals surface area (Å²) in [4.78, 5) is 11.3. The number of hydrogen-bond donors (Lipinski definition) is 2. The van der Waals surface area contributed by atoms with Crippen molar-refractivity contribution in [1.82, 2.24) is 0 Å². The van der Waals surface area contributed by atoms with Crippen molar-refractivity contribution in [3.63, 3.8) is 0 Å². The first-order valence-electron chi connectivity index (χ1n) is 5.86. The number of aliphatic carboxylic acids is 1. The van der Waals surface area contributed by atoms with Gasteiger partial charge in [-0.3, -0.25) is 4.79 Å². The number of carbonyl (C=O) groups is 1. The molecule has 0 amide bonds. The third kappa shape index (κ3) is 2.37. The van der Waals surface area contributed by atoms with Crippen molar-refractivity contribution in [2.24, 2.45) is 5.41 Å². The van der Waals surface area contributed by atoms with Gasteiger partial charge in [0.1, 0.15) is 11.5 Å². The van der Waals surface area contributed by atoms with Crippen LogP contribution in [0.25, 0.3) is 0 Å². The number of ether oxygens (including phenoxy) is 1. The summed E-state index contributed by atoms with van der Waals surface area (Å²) >= 11 is 3.01. The minimum atomic E-state index is -1.12. The quantitative estimate of drug-likeness (QED) is 0.881. The lowest BCUT2D eigenvalue weighted by Gasteiger charge is -2.26. The first kappa shape index (κ1) is 14.8. The lowest BCUT2D eigenvalue weighted by atomic mass is 9.85. The van der Waals surface area contributed by atoms with Crippen molar-refractivity contribution in [2.45, 2.75) is 13.0 Å². The zero-order chi connectivity index (χ0) is 14.9. The van der Waals surface area contributed by atoms with Gasteiger partial charge in [0.25, 0.3) is 0 Å². The summed E-state index contributed by atoms with van der Waals surface area (Å²) in [5.74, 6) is -1.62. The lowest BCUT2D eigenvalue weighted by molar-refractivity contribution is -0.148. The van der Waals surface area contributed by atoms with E-state index in [4.69, 9.17) is 10.00 Å². The van der Waals surface area contributed by atoms with Crippen LogP contribution in [-0.4, -0.2) is 30.3 Å². The maximum absolute atomic E-state index is 14.1. The number of nitrogens with one attached hydrogen (secondary N) is 1. The Morgan fingerprint density at radius 1 is 1.70 bits per heavy atom. The zero-order valence-electron chi connectivity index (χ0n) is 10.6. The second-order valence-electron chi connectivity index (χ2n) is 4.84. The van der Waals surface area contributed by atoms with Gasteiger partial charge in [-0.25, -0.2) is 4.39 Å². The summed E-state index contributed by atoms with van der Waals surface area (Å²) in [5, 5.41) is 20.9. The standard InChI is InChI=1S/C13H12BrFN2O3/c1-13(12(18)19)6-20-5-9(13)17-8-3-2-7(4-16)10(14)11(8)15/h2-3,9,17H,5-6H2,1H3,(H,18,19). The molecule has 0 saturated carbocycles. The first-order chi connectivity index (χ1) is 9.40. The fraction of sp³-hybridized carbons (Fsp3) is 0.385. The first-order valence-corrected chi connectivity index (χ1v) is 6.65. The summed E-state index contributed by atoms with van der Waals surface area (Å²) in [5.41, 5.74) is -0.803. The third-order valence-electron chi connectivity index (χ3n) is 3.48. The summed E-state index contributed by atoms with van der Waals surface area (Å²) in [6, 6.07) is 4.19. The Kier molecular flexibility index (Phi) is 3.97. The monoisotopic (exact) mass is 342 g/mol. The molecule has 0 radical (unpaired) electrons. The van der Waals surface area contributed by atoms with E-state index in [-0.39, 0.29) is 28.9 Å². The normalized spacial score (nSPS) is 25.2. The molecule has 2 rings (SSSR count). The molecule has 0 aromatic heterocycles. The number of nitrogens with zero attached hydrogens (tertiary/aromatic N) is 1. The number of hydrogen-bond acceptors (Lipinski definition) is 4. The van der Waals surface area contributed by atoms with E-state index in [9.17, 15) is 14.3 Å². The Hall–Kier alpha value is -1.65. The number of carboxylic acids is 1. The number of carboxylic acid groups (broad SMARTS) is 1. The number of rotatable bonds is 3. The second-order valence-corrected chi connectivity index (χ2v) is 5.63. The molecule has 2 N–H and O–H groups in total. The molecule has 5 nitrogen and oxygen atoms in total. The predicted octanol–water partition coefficient (Wildman–Crippen LogP) is 2.36. The van der Waals surface area contributed by atoms with Crippen molar-refractivity contribution in [2.75, 3.05) is 18.5 Å². The van der Waals surface area contributed by atoms with Crippen LogP contribution < -0.4 is 5.32 Å². The van der Waals surface area contributed by atoms with Crippen molar-refractivity contribution in [3.05, 3.63) is 28.0 Å². The van der Waals surface area contributed by atoms with Gasteiger partial charge in [0.05, 0.1) is 35.0 Å². The smallest absolute Gasteiger partial charge is 0.313 e. The van der Waals surface area contributed by atoms with Crippen molar-refractivity contribution >= 4 is 27.6 Å². The SMILES string of the molecule is CC1(C(=O)O)COCC1Nc1ccc(C#N)c(Br)c1F. The van der Waals surface area contributed by atoms with Gasteiger partial charge >= 0.3 is 5.97 Å². The van der Waals surface area contributed by atoms with Gasteiger partial charge in [0, 0.05) is 0 Å². The van der Waals surface area contributed by atoms with E-state index in [1.807, 2.05) is 6.07 Å². The van der Waals surface area contributed by atoms with E-state index in [2.05, 4.69) is 21.2 Å². The van der Waals surface area contributed by atoms with E-state index in [1.54, 1.807) is 6.92 Å². The molecule has 20 heavy (non-hydrogen) atoms. The molecule has 0 bridgehead atoms. The average molecular weight is 343 g/mol. The summed E-state index contributed by atoms with van der Waals surface area (Å²) in [6.45, 7) is 1.80. The van der Waals surface area contributed by atoms with Gasteiger partial charge in [-0.1, -0.05) is 0 Å². The van der Waals surface area contributed by atoms with E-state index in [0.29, 0.717) is 0 Å². The van der Waals surface area contributed by atoms with Crippen LogP contribution >= 0.6 is 15.9 Å². The molecule has 0 aliphatic carbocycles. The minimum absolute atomic E-state index is 0.0564. The molecule has 7 heteroatoms. The van der Waals surface area contributed by atoms with E-state index in [0.717, 1.165) is 0 Å². The van der Waals surface area contributed by atoms with Gasteiger partial charge in [-0.15, -0.1) is 0 Å². The maximum Gasteiger partial charge on any atom is 0.313 e. The Balaban J connectivity index is 2.30. The number of benzene rings is 1. The average Bonchev–Trinajstić information content (AvgIpc) is 2.78. The molecule has 1 saturated heterocycles. The summed E-state index contributed by atoms with van der Waals surface area (Å²) in [6.07, 6.45) is 0. The van der Waals surface area contributed by atoms with Crippen LogP contribution in [0.2, 0.25) is 0 Å². The molecule has 0 spiro atoms. The largest absolute Gasteiger partial charge is 0.481 e. The van der Waals surface area contributed by atoms with E-state index in [1.165, 1.54) is 12.1 Å². The molecule has 2 atom stereocenters. The maximum atomic E-state index is 14.1. The molecular weight excluding hydrogens is 331 g/mol. The highest BCUT2D eigenvalue weighted by Crippen LogP contribution is 2.33. The van der Waals surface area contributed by atoms with Crippen LogP contribution in [0, 0.1) is 22.6 Å². The Morgan fingerprint density at radius 3 is 3.00 bits per heavy atom. The summed E-state index contributed by atoms with van der Waals surface area (Å²) < 4.78 is 19.4. The van der Waals surface area contributed by atoms with Crippen LogP contribution in [0.5, 0.6) is 0 Å². The van der Waals surface area contributed by atoms with Crippen LogP contribution in [0.15, 0.2) is 16.6 Å². The highest BCUT2D eigenvalue weighted by atomic mass is 79.9. The van der Waals surface area contributed by atoms with Gasteiger partial charge < -0.3 is 15.2 Å². The molecule has 1 heterocycles. The zero-order valence-corrected chi connectivity index (χ0v) is 12.2. The van der Waals surface area contributed by atoms with Crippen LogP contribution in [0.4, 0.5) is 10.1 Å². The molecule has 1 aromatic carbocycles. The highest BCUT2D eigenvalue weighted by Gasteiger charge is 2.46. The lowest BCUT2D eigenvalue weighted by Crippen LogP contribution is -2.43. The molecule has 2 unspecified atom stereocenters. The highest BCUT2D eigenvalue weighted by molar-refractivity contribution is 9.10. The van der Waals surface area contributed by atoms with Crippen molar-refractivity contribution in [3.8, 4) is 6.07 Å². The van der Waals surface area contributed by atoms with E-state index >= 15 is 0 Å². The Labute approximate surface area is 123 Å². The third-order valence-corrected chi connectivity index (χ3v) is 4.25. The molecule has 1 fully saturated rings. The molecule has 1 aromatic rings. The van der Waals surface area contributed by atoms with Gasteiger partial charge in [-0.05, 0) is 35.0 Å². The van der Waals surface area contributed by atoms with E-state index < -0.39 is 23.2 Å². The molecule has 1 aliphatic rings. The minimum Gasteiger partial charge on any atom is -0.481 e. The number of halogens is 2. The van der Waals surface area contributed by atoms with Crippen molar-refractivity contribution < 1.29 is 19.0 Å². The van der Waals surface area contributed by atoms with Gasteiger partial charge in [0.15, 0.2) is 5.82 Å². The topological polar surface area (TPSA) is 82.3 Å². The number of anilines is 1. The van der Waals surface area contributed by atoms with Crippen molar-refractivity contribution in [1.29, 1.82) is 5.26 Å². The van der Waals surface area contributed by atoms with Gasteiger partial charge in [0.2, 0.25) is 0 Å². The van der Waals surface area contributed by atoms with Crippen LogP contribution in [0.3, 0.4) is 0 Å². The van der Waals surface area contributed by atoms with Gasteiger partial charge in [-0.2, -0.15) is 5.26 Å². The Bertz CT molecular complexity index is 602. The Morgan fingerprint density at radius 2 is 2.40 bits per heavy atom. The second kappa shape index (κ2) is 5.38. The fourth-order valence-corrected chi connectivity index (χ4v) is 2.45. The molecule has 1 aliphatic heterocycles. The molecule has 106 valence electrons. The predicted molar refractivity (Wildman–Crippen MR) is 72.8 cm³/mol. The molecular formula is C13H12BrFN2O3. The van der Waals surface area contributed by atoms with Crippen LogP contribution in [0.1, 0.15) is 12.5 Å². The fourth-order valence-electron chi connectivity index (χ4n) is 2.02. The summed E-state index contributed by atoms with van der Waals surface area (Å²) in [7, 11) is 0. The van der Waals surface area contributed by atoms with Crippen LogP contribution in [-0.2, 0) is 9.53 Å². The number of nitriles is 1.